The Labute approximate surface area is 144 Å². The predicted molar refractivity (Wildman–Crippen MR) is 89.4 cm³/mol. The van der Waals surface area contributed by atoms with Gasteiger partial charge in [-0.05, 0) is 18.3 Å². The van der Waals surface area contributed by atoms with Crippen molar-refractivity contribution in [3.63, 3.8) is 0 Å². The van der Waals surface area contributed by atoms with Gasteiger partial charge >= 0.3 is 0 Å². The van der Waals surface area contributed by atoms with E-state index in [2.05, 4.69) is 15.1 Å². The molecule has 1 unspecified atom stereocenters. The summed E-state index contributed by atoms with van der Waals surface area (Å²) < 4.78 is 7.65. The van der Waals surface area contributed by atoms with Gasteiger partial charge < -0.3 is 13.9 Å². The molecule has 1 aliphatic carbocycles. The minimum Gasteiger partial charge on any atom is -0.467 e. The Bertz CT molecular complexity index is 766. The van der Waals surface area contributed by atoms with Crippen molar-refractivity contribution in [1.82, 2.24) is 19.7 Å². The number of thioether (sulfide) groups is 1. The molecule has 0 bridgehead atoms. The Morgan fingerprint density at radius 3 is 2.92 bits per heavy atom. The Kier molecular flexibility index (Phi) is 3.26. The molecule has 1 spiro atoms. The fourth-order valence-corrected chi connectivity index (χ4v) is 5.56. The zero-order chi connectivity index (χ0) is 16.1. The number of carbonyl (C=O) groups excluding carboxylic acids is 1. The maximum atomic E-state index is 13.1. The SMILES string of the molecule is O=C(c1coc2c1CSC2)N1CC(Cn2cnnc2)C2(CCC2)C1. The van der Waals surface area contributed by atoms with Gasteiger partial charge in [-0.1, -0.05) is 6.42 Å². The molecule has 2 aromatic rings. The number of fused-ring (bicyclic) bond motifs is 1. The number of hydrogen-bond donors (Lipinski definition) is 0. The zero-order valence-corrected chi connectivity index (χ0v) is 14.3. The van der Waals surface area contributed by atoms with Crippen molar-refractivity contribution in [2.45, 2.75) is 37.3 Å². The highest BCUT2D eigenvalue weighted by Gasteiger charge is 2.51. The lowest BCUT2D eigenvalue weighted by molar-refractivity contribution is 0.0674. The fraction of sp³-hybridized carbons (Fsp3) is 0.588. The van der Waals surface area contributed by atoms with E-state index < -0.39 is 0 Å². The van der Waals surface area contributed by atoms with E-state index in [1.807, 2.05) is 16.3 Å². The minimum absolute atomic E-state index is 0.153. The van der Waals surface area contributed by atoms with Gasteiger partial charge in [-0.3, -0.25) is 4.79 Å². The number of carbonyl (C=O) groups is 1. The highest BCUT2D eigenvalue weighted by molar-refractivity contribution is 7.98. The van der Waals surface area contributed by atoms with Crippen molar-refractivity contribution in [2.24, 2.45) is 11.3 Å². The van der Waals surface area contributed by atoms with E-state index in [1.165, 1.54) is 19.3 Å². The number of furan rings is 1. The van der Waals surface area contributed by atoms with Gasteiger partial charge in [0.2, 0.25) is 0 Å². The number of likely N-dealkylation sites (tertiary alicyclic amines) is 1. The van der Waals surface area contributed by atoms with Crippen LogP contribution in [0.2, 0.25) is 0 Å². The molecule has 3 aliphatic rings. The summed E-state index contributed by atoms with van der Waals surface area (Å²) in [6.07, 6.45) is 8.95. The monoisotopic (exact) mass is 344 g/mol. The van der Waals surface area contributed by atoms with Gasteiger partial charge in [-0.25, -0.2) is 0 Å². The van der Waals surface area contributed by atoms with Crippen LogP contribution in [0, 0.1) is 11.3 Å². The first-order chi connectivity index (χ1) is 11.8. The van der Waals surface area contributed by atoms with Crippen LogP contribution in [0.5, 0.6) is 0 Å². The summed E-state index contributed by atoms with van der Waals surface area (Å²) >= 11 is 1.82. The van der Waals surface area contributed by atoms with Crippen molar-refractivity contribution in [3.8, 4) is 0 Å². The fourth-order valence-electron chi connectivity index (χ4n) is 4.51. The van der Waals surface area contributed by atoms with Gasteiger partial charge in [0.1, 0.15) is 24.7 Å². The third-order valence-corrected chi connectivity index (χ3v) is 7.00. The van der Waals surface area contributed by atoms with E-state index in [4.69, 9.17) is 4.42 Å². The Morgan fingerprint density at radius 2 is 2.17 bits per heavy atom. The van der Waals surface area contributed by atoms with E-state index in [0.717, 1.165) is 48.0 Å². The molecule has 1 amide bonds. The van der Waals surface area contributed by atoms with Gasteiger partial charge in [0.15, 0.2) is 0 Å². The molecular weight excluding hydrogens is 324 g/mol. The van der Waals surface area contributed by atoms with Crippen molar-refractivity contribution < 1.29 is 9.21 Å². The Hall–Kier alpha value is -1.76. The topological polar surface area (TPSA) is 64.2 Å². The zero-order valence-electron chi connectivity index (χ0n) is 13.5. The highest BCUT2D eigenvalue weighted by atomic mass is 32.2. The van der Waals surface area contributed by atoms with Crippen molar-refractivity contribution >= 4 is 17.7 Å². The smallest absolute Gasteiger partial charge is 0.257 e. The molecule has 7 heteroatoms. The van der Waals surface area contributed by atoms with Crippen LogP contribution in [0.4, 0.5) is 0 Å². The molecule has 4 heterocycles. The van der Waals surface area contributed by atoms with Crippen molar-refractivity contribution in [1.29, 1.82) is 0 Å². The summed E-state index contributed by atoms with van der Waals surface area (Å²) in [5.74, 6) is 3.42. The van der Waals surface area contributed by atoms with Gasteiger partial charge in [-0.15, -0.1) is 22.0 Å². The molecule has 1 atom stereocenters. The predicted octanol–water partition coefficient (Wildman–Crippen LogP) is 2.56. The Morgan fingerprint density at radius 1 is 1.33 bits per heavy atom. The van der Waals surface area contributed by atoms with E-state index >= 15 is 0 Å². The molecule has 2 aromatic heterocycles. The number of rotatable bonds is 3. The molecule has 0 radical (unpaired) electrons. The third kappa shape index (κ3) is 2.13. The molecule has 2 aliphatic heterocycles. The number of amides is 1. The van der Waals surface area contributed by atoms with Crippen LogP contribution in [0.3, 0.4) is 0 Å². The van der Waals surface area contributed by atoms with Crippen LogP contribution in [0.25, 0.3) is 0 Å². The van der Waals surface area contributed by atoms with Gasteiger partial charge in [-0.2, -0.15) is 0 Å². The molecule has 1 saturated heterocycles. The second kappa shape index (κ2) is 5.37. The second-order valence-electron chi connectivity index (χ2n) is 7.30. The first-order valence-corrected chi connectivity index (χ1v) is 9.69. The van der Waals surface area contributed by atoms with Gasteiger partial charge in [0.05, 0.1) is 11.3 Å². The average molecular weight is 344 g/mol. The quantitative estimate of drug-likeness (QED) is 0.856. The summed E-state index contributed by atoms with van der Waals surface area (Å²) in [4.78, 5) is 15.1. The van der Waals surface area contributed by atoms with Crippen LogP contribution in [-0.2, 0) is 18.1 Å². The van der Waals surface area contributed by atoms with E-state index in [-0.39, 0.29) is 5.91 Å². The Balaban J connectivity index is 1.38. The molecule has 1 saturated carbocycles. The summed E-state index contributed by atoms with van der Waals surface area (Å²) in [7, 11) is 0. The molecule has 0 N–H and O–H groups in total. The third-order valence-electron chi connectivity index (χ3n) is 6.04. The molecule has 0 aromatic carbocycles. The van der Waals surface area contributed by atoms with Gasteiger partial charge in [0.25, 0.3) is 5.91 Å². The molecule has 24 heavy (non-hydrogen) atoms. The first-order valence-electron chi connectivity index (χ1n) is 8.54. The van der Waals surface area contributed by atoms with E-state index in [9.17, 15) is 4.79 Å². The number of hydrogen-bond acceptors (Lipinski definition) is 5. The largest absolute Gasteiger partial charge is 0.467 e. The normalized spacial score (nSPS) is 24.3. The van der Waals surface area contributed by atoms with Crippen LogP contribution >= 0.6 is 11.8 Å². The molecule has 2 fully saturated rings. The molecule has 5 rings (SSSR count). The summed E-state index contributed by atoms with van der Waals surface area (Å²) in [6, 6.07) is 0. The standard InChI is InChI=1S/C17H20N4O2S/c22-16(13-6-23-15-8-24-7-14(13)15)21-5-12(4-20-10-18-19-11-20)17(9-21)2-1-3-17/h6,10-12H,1-5,7-9H2. The molecule has 126 valence electrons. The first kappa shape index (κ1) is 14.6. The van der Waals surface area contributed by atoms with Crippen molar-refractivity contribution in [2.75, 3.05) is 13.1 Å². The lowest BCUT2D eigenvalue weighted by Crippen LogP contribution is -2.39. The van der Waals surface area contributed by atoms with E-state index in [0.29, 0.717) is 11.3 Å². The summed E-state index contributed by atoms with van der Waals surface area (Å²) in [5.41, 5.74) is 2.20. The van der Waals surface area contributed by atoms with Crippen LogP contribution in [0.1, 0.15) is 40.9 Å². The number of aromatic nitrogens is 3. The number of nitrogens with zero attached hydrogens (tertiary/aromatic N) is 4. The minimum atomic E-state index is 0.153. The summed E-state index contributed by atoms with van der Waals surface area (Å²) in [6.45, 7) is 2.60. The van der Waals surface area contributed by atoms with Crippen LogP contribution in [-0.4, -0.2) is 38.7 Å². The maximum absolute atomic E-state index is 13.1. The van der Waals surface area contributed by atoms with Crippen molar-refractivity contribution in [3.05, 3.63) is 35.8 Å². The summed E-state index contributed by atoms with van der Waals surface area (Å²) in [5, 5.41) is 7.82. The lowest BCUT2D eigenvalue weighted by Gasteiger charge is -2.42. The average Bonchev–Trinajstić information content (AvgIpc) is 3.29. The second-order valence-corrected chi connectivity index (χ2v) is 8.29. The maximum Gasteiger partial charge on any atom is 0.257 e. The molecular formula is C17H20N4O2S. The lowest BCUT2D eigenvalue weighted by atomic mass is 9.63. The van der Waals surface area contributed by atoms with E-state index in [1.54, 1.807) is 18.9 Å². The van der Waals surface area contributed by atoms with Gasteiger partial charge in [0, 0.05) is 36.9 Å². The highest BCUT2D eigenvalue weighted by Crippen LogP contribution is 2.52. The molecule has 6 nitrogen and oxygen atoms in total. The van der Waals surface area contributed by atoms with Crippen LogP contribution in [0.15, 0.2) is 23.3 Å². The van der Waals surface area contributed by atoms with Crippen LogP contribution < -0.4 is 0 Å².